The van der Waals surface area contributed by atoms with E-state index < -0.39 is 58.0 Å². The summed E-state index contributed by atoms with van der Waals surface area (Å²) in [6.45, 7) is 0. The minimum atomic E-state index is -2.70. The van der Waals surface area contributed by atoms with Crippen LogP contribution in [0.4, 0.5) is 0 Å². The third kappa shape index (κ3) is 3.52. The van der Waals surface area contributed by atoms with Crippen LogP contribution in [-0.4, -0.2) is 74.8 Å². The minimum absolute atomic E-state index is 0.00825. The number of aliphatic hydroxyl groups excluding tert-OH is 2. The average molecular weight is 569 g/mol. The quantitative estimate of drug-likeness (QED) is 0.234. The van der Waals surface area contributed by atoms with Crippen molar-refractivity contribution in [1.29, 1.82) is 0 Å². The molecular weight excluding hydrogens is 540 g/mol. The van der Waals surface area contributed by atoms with E-state index in [2.05, 4.69) is 0 Å². The van der Waals surface area contributed by atoms with E-state index in [-0.39, 0.29) is 29.7 Å². The van der Waals surface area contributed by atoms with Gasteiger partial charge in [-0.3, -0.25) is 24.1 Å². The molecule has 42 heavy (non-hydrogen) atoms. The number of nitrogens with zero attached hydrogens (tertiary/aromatic N) is 1. The Balaban J connectivity index is 1.57. The van der Waals surface area contributed by atoms with Crippen LogP contribution in [0.3, 0.4) is 0 Å². The Bertz CT molecular complexity index is 1820. The molecule has 10 heteroatoms. The molecule has 0 heterocycles. The second-order valence-corrected chi connectivity index (χ2v) is 11.3. The van der Waals surface area contributed by atoms with Gasteiger partial charge in [-0.15, -0.1) is 0 Å². The fourth-order valence-electron chi connectivity index (χ4n) is 7.16. The Morgan fingerprint density at radius 3 is 2.31 bits per heavy atom. The Kier molecular flexibility index (Phi) is 6.10. The maximum absolute atomic E-state index is 14.0. The maximum Gasteiger partial charge on any atom is 0.255 e. The molecule has 3 aromatic carbocycles. The number of carbonyl (C=O) groups excluding carboxylic acids is 4. The monoisotopic (exact) mass is 568 g/mol. The van der Waals surface area contributed by atoms with Gasteiger partial charge in [-0.2, -0.15) is 0 Å². The van der Waals surface area contributed by atoms with Crippen LogP contribution in [0, 0.1) is 11.8 Å². The highest BCUT2D eigenvalue weighted by molar-refractivity contribution is 6.25. The van der Waals surface area contributed by atoms with Crippen molar-refractivity contribution < 1.29 is 39.6 Å². The molecule has 0 radical (unpaired) electrons. The Morgan fingerprint density at radius 2 is 1.67 bits per heavy atom. The zero-order valence-corrected chi connectivity index (χ0v) is 22.8. The molecule has 3 aliphatic rings. The molecule has 0 aliphatic heterocycles. The largest absolute Gasteiger partial charge is 0.510 e. The lowest BCUT2D eigenvalue weighted by Gasteiger charge is -2.50. The summed E-state index contributed by atoms with van der Waals surface area (Å²) >= 11 is 0. The predicted octanol–water partition coefficient (Wildman–Crippen LogP) is 2.75. The van der Waals surface area contributed by atoms with E-state index in [1.165, 1.54) is 11.0 Å². The molecule has 10 nitrogen and oxygen atoms in total. The summed E-state index contributed by atoms with van der Waals surface area (Å²) in [5.41, 5.74) is 3.94. The molecule has 3 aliphatic carbocycles. The molecule has 0 unspecified atom stereocenters. The first-order chi connectivity index (χ1) is 19.9. The van der Waals surface area contributed by atoms with E-state index in [1.54, 1.807) is 32.3 Å². The number of hydrogen-bond donors (Lipinski definition) is 5. The summed E-state index contributed by atoms with van der Waals surface area (Å²) in [7, 11) is 3.16. The van der Waals surface area contributed by atoms with Crippen LogP contribution in [-0.2, 0) is 16.0 Å². The van der Waals surface area contributed by atoms with Gasteiger partial charge in [0.1, 0.15) is 22.8 Å². The van der Waals surface area contributed by atoms with Crippen molar-refractivity contribution in [3.8, 4) is 16.9 Å². The molecule has 3 aromatic rings. The number of aromatic hydroxyl groups is 1. The molecule has 0 aromatic heterocycles. The number of amides is 1. The van der Waals surface area contributed by atoms with Gasteiger partial charge in [0.05, 0.1) is 11.6 Å². The van der Waals surface area contributed by atoms with Crippen molar-refractivity contribution in [1.82, 2.24) is 4.90 Å². The first-order valence-electron chi connectivity index (χ1n) is 13.4. The van der Waals surface area contributed by atoms with E-state index in [4.69, 9.17) is 5.73 Å². The van der Waals surface area contributed by atoms with Crippen molar-refractivity contribution in [3.05, 3.63) is 87.9 Å². The number of likely N-dealkylation sites (N-methyl/N-ethyl adjacent to an activating group) is 1. The third-order valence-electron chi connectivity index (χ3n) is 8.98. The van der Waals surface area contributed by atoms with Gasteiger partial charge in [-0.05, 0) is 66.4 Å². The van der Waals surface area contributed by atoms with Gasteiger partial charge in [-0.25, -0.2) is 0 Å². The lowest BCUT2D eigenvalue weighted by atomic mass is 9.58. The van der Waals surface area contributed by atoms with Crippen LogP contribution in [0.5, 0.6) is 5.75 Å². The van der Waals surface area contributed by atoms with Gasteiger partial charge in [0.2, 0.25) is 5.78 Å². The van der Waals surface area contributed by atoms with Crippen molar-refractivity contribution in [2.75, 3.05) is 14.1 Å². The van der Waals surface area contributed by atoms with Crippen LogP contribution < -0.4 is 5.73 Å². The van der Waals surface area contributed by atoms with Crippen molar-refractivity contribution in [2.45, 2.75) is 24.5 Å². The minimum Gasteiger partial charge on any atom is -0.510 e. The second-order valence-electron chi connectivity index (χ2n) is 11.3. The predicted molar refractivity (Wildman–Crippen MR) is 152 cm³/mol. The Labute approximate surface area is 240 Å². The van der Waals surface area contributed by atoms with Gasteiger partial charge in [0.25, 0.3) is 5.91 Å². The number of carbonyl (C=O) groups is 4. The number of allylic oxidation sites excluding steroid dienone is 1. The van der Waals surface area contributed by atoms with Crippen LogP contribution >= 0.6 is 0 Å². The second kappa shape index (κ2) is 9.37. The molecule has 4 atom stereocenters. The number of benzene rings is 3. The van der Waals surface area contributed by atoms with E-state index >= 15 is 0 Å². The number of Topliss-reactive ketones (excluding diaryl/α,β-unsaturated/α-hetero) is 2. The molecule has 214 valence electrons. The van der Waals surface area contributed by atoms with E-state index in [0.717, 1.165) is 22.6 Å². The summed E-state index contributed by atoms with van der Waals surface area (Å²) in [6, 6.07) is 12.8. The van der Waals surface area contributed by atoms with Crippen molar-refractivity contribution in [2.24, 2.45) is 17.6 Å². The van der Waals surface area contributed by atoms with Gasteiger partial charge in [-0.1, -0.05) is 42.5 Å². The maximum atomic E-state index is 14.0. The van der Waals surface area contributed by atoms with Crippen LogP contribution in [0.2, 0.25) is 0 Å². The average Bonchev–Trinajstić information content (AvgIpc) is 2.94. The third-order valence-corrected chi connectivity index (χ3v) is 8.98. The van der Waals surface area contributed by atoms with Gasteiger partial charge in [0.15, 0.2) is 17.7 Å². The highest BCUT2D eigenvalue weighted by Gasteiger charge is 2.63. The lowest BCUT2D eigenvalue weighted by Crippen LogP contribution is -2.63. The highest BCUT2D eigenvalue weighted by Crippen LogP contribution is 2.53. The van der Waals surface area contributed by atoms with E-state index in [9.17, 15) is 39.6 Å². The molecule has 0 spiro atoms. The van der Waals surface area contributed by atoms with Crippen LogP contribution in [0.25, 0.3) is 21.9 Å². The van der Waals surface area contributed by atoms with E-state index in [1.807, 2.05) is 24.3 Å². The van der Waals surface area contributed by atoms with Gasteiger partial charge >= 0.3 is 0 Å². The number of fused-ring (bicyclic) bond motifs is 4. The number of aldehydes is 1. The molecule has 0 saturated heterocycles. The first-order valence-corrected chi connectivity index (χ1v) is 13.4. The molecule has 0 saturated carbocycles. The van der Waals surface area contributed by atoms with Gasteiger partial charge < -0.3 is 26.2 Å². The summed E-state index contributed by atoms with van der Waals surface area (Å²) in [5, 5.41) is 46.6. The smallest absolute Gasteiger partial charge is 0.255 e. The number of ketones is 2. The molecule has 6 N–H and O–H groups in total. The number of nitrogens with two attached hydrogens (primary N) is 1. The van der Waals surface area contributed by atoms with Crippen molar-refractivity contribution in [3.63, 3.8) is 0 Å². The lowest BCUT2D eigenvalue weighted by molar-refractivity contribution is -0.148. The molecule has 6 rings (SSSR count). The number of rotatable bonds is 4. The summed E-state index contributed by atoms with van der Waals surface area (Å²) in [5.74, 6) is -6.98. The van der Waals surface area contributed by atoms with Crippen LogP contribution in [0.1, 0.15) is 32.7 Å². The fourth-order valence-corrected chi connectivity index (χ4v) is 7.16. The standard InChI is InChI=1S/C32H28N2O8/c1-34(2)26-21-12-15-11-20-19(18-8-7-14(13-35)16-5-3-4-6-17(16)18)9-10-22(36)24(20)27(37)23(15)29(39)32(21,42)30(40)25(28(26)38)31(33)41/h3-10,13,15,21,26,36,38-39,42H,11-12H2,1-2H3,(H2,33,41)/t15-,21-,26-,32-/m1/s1. The van der Waals surface area contributed by atoms with Crippen molar-refractivity contribution >= 4 is 34.5 Å². The summed E-state index contributed by atoms with van der Waals surface area (Å²) < 4.78 is 0. The highest BCUT2D eigenvalue weighted by atomic mass is 16.3. The topological polar surface area (TPSA) is 178 Å². The zero-order valence-electron chi connectivity index (χ0n) is 22.8. The molecule has 1 amide bonds. The van der Waals surface area contributed by atoms with Gasteiger partial charge in [0, 0.05) is 17.1 Å². The number of hydrogen-bond acceptors (Lipinski definition) is 9. The molecule has 0 fully saturated rings. The molecular formula is C32H28N2O8. The Hall–Kier alpha value is -4.80. The number of phenols is 1. The fraction of sp³-hybridized carbons (Fsp3) is 0.250. The Morgan fingerprint density at radius 1 is 1.00 bits per heavy atom. The van der Waals surface area contributed by atoms with E-state index in [0.29, 0.717) is 16.7 Å². The summed E-state index contributed by atoms with van der Waals surface area (Å²) in [6.07, 6.45) is 0.915. The normalized spacial score (nSPS) is 25.4. The number of phenolic OH excluding ortho intramolecular Hbond substituents is 1. The SMILES string of the molecule is CN(C)[C@H]1C(O)=C(C(N)=O)C(=O)[C@]2(O)C(O)=C3C(=O)c4c(O)ccc(-c5ccc(C=O)c6ccccc56)c4C[C@@H]3C[C@H]12. The summed E-state index contributed by atoms with van der Waals surface area (Å²) in [4.78, 5) is 52.9. The molecule has 0 bridgehead atoms. The number of primary amides is 1. The number of aliphatic hydroxyl groups is 3. The zero-order chi connectivity index (χ0) is 30.2. The first kappa shape index (κ1) is 27.4. The van der Waals surface area contributed by atoms with Crippen LogP contribution in [0.15, 0.2) is 71.2 Å².